The van der Waals surface area contributed by atoms with Crippen LogP contribution in [-0.2, 0) is 12.3 Å². The predicted molar refractivity (Wildman–Crippen MR) is 89.7 cm³/mol. The van der Waals surface area contributed by atoms with E-state index in [4.69, 9.17) is 0 Å². The standard InChI is InChI=1S/C17H18N4S/c1-3-21-16(15-10-5-4-8-13(15)2)19-20-17(21)22-12-14-9-6-7-11-18-14/h4-11H,3,12H2,1-2H3. The molecule has 1 aromatic carbocycles. The molecular weight excluding hydrogens is 292 g/mol. The van der Waals surface area contributed by atoms with Crippen molar-refractivity contribution in [1.82, 2.24) is 19.7 Å². The highest BCUT2D eigenvalue weighted by atomic mass is 32.2. The lowest BCUT2D eigenvalue weighted by Crippen LogP contribution is -2.01. The predicted octanol–water partition coefficient (Wildman–Crippen LogP) is 3.96. The van der Waals surface area contributed by atoms with Crippen LogP contribution in [0.3, 0.4) is 0 Å². The van der Waals surface area contributed by atoms with Crippen molar-refractivity contribution in [2.75, 3.05) is 0 Å². The van der Waals surface area contributed by atoms with Crippen LogP contribution in [0.15, 0.2) is 53.8 Å². The molecule has 0 saturated carbocycles. The van der Waals surface area contributed by atoms with Crippen LogP contribution in [0.1, 0.15) is 18.2 Å². The molecule has 2 heterocycles. The zero-order valence-electron chi connectivity index (χ0n) is 12.7. The summed E-state index contributed by atoms with van der Waals surface area (Å²) in [5, 5.41) is 9.71. The monoisotopic (exact) mass is 310 g/mol. The molecule has 0 N–H and O–H groups in total. The van der Waals surface area contributed by atoms with E-state index in [1.54, 1.807) is 11.8 Å². The maximum Gasteiger partial charge on any atom is 0.191 e. The minimum Gasteiger partial charge on any atom is -0.302 e. The first-order valence-electron chi connectivity index (χ1n) is 7.31. The van der Waals surface area contributed by atoms with Gasteiger partial charge in [0.2, 0.25) is 0 Å². The van der Waals surface area contributed by atoms with E-state index >= 15 is 0 Å². The average Bonchev–Trinajstić information content (AvgIpc) is 2.97. The van der Waals surface area contributed by atoms with Crippen molar-refractivity contribution in [3.63, 3.8) is 0 Å². The van der Waals surface area contributed by atoms with Crippen molar-refractivity contribution < 1.29 is 0 Å². The van der Waals surface area contributed by atoms with Gasteiger partial charge in [0.1, 0.15) is 0 Å². The largest absolute Gasteiger partial charge is 0.302 e. The van der Waals surface area contributed by atoms with Crippen LogP contribution in [-0.4, -0.2) is 19.7 Å². The third kappa shape index (κ3) is 3.04. The summed E-state index contributed by atoms with van der Waals surface area (Å²) < 4.78 is 2.16. The highest BCUT2D eigenvalue weighted by molar-refractivity contribution is 7.98. The molecule has 4 nitrogen and oxygen atoms in total. The van der Waals surface area contributed by atoms with E-state index in [1.165, 1.54) is 5.56 Å². The SMILES string of the molecule is CCn1c(SCc2ccccn2)nnc1-c1ccccc1C. The molecule has 5 heteroatoms. The van der Waals surface area contributed by atoms with Gasteiger partial charge in [-0.1, -0.05) is 42.1 Å². The van der Waals surface area contributed by atoms with Crippen LogP contribution in [0, 0.1) is 6.92 Å². The molecule has 0 amide bonds. The Kier molecular flexibility index (Phi) is 4.53. The summed E-state index contributed by atoms with van der Waals surface area (Å²) in [6.45, 7) is 5.07. The van der Waals surface area contributed by atoms with Crippen molar-refractivity contribution in [3.05, 3.63) is 59.9 Å². The minimum absolute atomic E-state index is 0.798. The molecule has 0 aliphatic rings. The molecule has 22 heavy (non-hydrogen) atoms. The molecule has 112 valence electrons. The number of aryl methyl sites for hydroxylation is 1. The second-order valence-electron chi connectivity index (χ2n) is 4.98. The van der Waals surface area contributed by atoms with Gasteiger partial charge in [0.05, 0.1) is 5.69 Å². The Hall–Kier alpha value is -2.14. The van der Waals surface area contributed by atoms with Crippen molar-refractivity contribution in [3.8, 4) is 11.4 Å². The van der Waals surface area contributed by atoms with Crippen LogP contribution < -0.4 is 0 Å². The average molecular weight is 310 g/mol. The van der Waals surface area contributed by atoms with Crippen molar-refractivity contribution in [1.29, 1.82) is 0 Å². The van der Waals surface area contributed by atoms with Gasteiger partial charge in [0.25, 0.3) is 0 Å². The van der Waals surface area contributed by atoms with Gasteiger partial charge >= 0.3 is 0 Å². The first-order valence-corrected chi connectivity index (χ1v) is 8.30. The Balaban J connectivity index is 1.86. The molecule has 0 saturated heterocycles. The zero-order chi connectivity index (χ0) is 15.4. The fourth-order valence-electron chi connectivity index (χ4n) is 2.33. The smallest absolute Gasteiger partial charge is 0.191 e. The molecule has 0 bridgehead atoms. The Bertz CT molecular complexity index is 752. The number of nitrogens with zero attached hydrogens (tertiary/aromatic N) is 4. The number of thioether (sulfide) groups is 1. The van der Waals surface area contributed by atoms with Crippen LogP contribution in [0.4, 0.5) is 0 Å². The van der Waals surface area contributed by atoms with Gasteiger partial charge in [-0.15, -0.1) is 10.2 Å². The van der Waals surface area contributed by atoms with E-state index in [2.05, 4.69) is 45.7 Å². The molecule has 0 spiro atoms. The Morgan fingerprint density at radius 1 is 1.05 bits per heavy atom. The second-order valence-corrected chi connectivity index (χ2v) is 5.92. The van der Waals surface area contributed by atoms with Gasteiger partial charge in [0, 0.05) is 24.1 Å². The highest BCUT2D eigenvalue weighted by Crippen LogP contribution is 2.27. The quantitative estimate of drug-likeness (QED) is 0.669. The van der Waals surface area contributed by atoms with E-state index in [9.17, 15) is 0 Å². The molecule has 3 rings (SSSR count). The fraction of sp³-hybridized carbons (Fsp3) is 0.235. The van der Waals surface area contributed by atoms with E-state index in [1.807, 2.05) is 36.5 Å². The van der Waals surface area contributed by atoms with Crippen LogP contribution in [0.2, 0.25) is 0 Å². The van der Waals surface area contributed by atoms with E-state index in [0.717, 1.165) is 34.5 Å². The third-order valence-electron chi connectivity index (χ3n) is 3.49. The van der Waals surface area contributed by atoms with E-state index < -0.39 is 0 Å². The second kappa shape index (κ2) is 6.75. The lowest BCUT2D eigenvalue weighted by atomic mass is 10.1. The Morgan fingerprint density at radius 2 is 1.86 bits per heavy atom. The maximum atomic E-state index is 4.40. The number of aromatic nitrogens is 4. The number of hydrogen-bond acceptors (Lipinski definition) is 4. The van der Waals surface area contributed by atoms with Crippen molar-refractivity contribution in [2.45, 2.75) is 31.3 Å². The van der Waals surface area contributed by atoms with Gasteiger partial charge in [0.15, 0.2) is 11.0 Å². The zero-order valence-corrected chi connectivity index (χ0v) is 13.5. The third-order valence-corrected chi connectivity index (χ3v) is 4.49. The number of pyridine rings is 1. The summed E-state index contributed by atoms with van der Waals surface area (Å²) in [5.41, 5.74) is 3.41. The summed E-state index contributed by atoms with van der Waals surface area (Å²) in [5.74, 6) is 1.73. The summed E-state index contributed by atoms with van der Waals surface area (Å²) in [6.07, 6.45) is 1.82. The Labute approximate surface area is 134 Å². The molecule has 2 aromatic heterocycles. The van der Waals surface area contributed by atoms with Crippen LogP contribution >= 0.6 is 11.8 Å². The van der Waals surface area contributed by atoms with Crippen LogP contribution in [0.5, 0.6) is 0 Å². The summed E-state index contributed by atoms with van der Waals surface area (Å²) in [4.78, 5) is 4.35. The molecular formula is C17H18N4S. The van der Waals surface area contributed by atoms with E-state index in [0.29, 0.717) is 0 Å². The first kappa shape index (κ1) is 14.8. The van der Waals surface area contributed by atoms with Gasteiger partial charge < -0.3 is 4.57 Å². The van der Waals surface area contributed by atoms with Crippen molar-refractivity contribution in [2.24, 2.45) is 0 Å². The Morgan fingerprint density at radius 3 is 2.59 bits per heavy atom. The van der Waals surface area contributed by atoms with E-state index in [-0.39, 0.29) is 0 Å². The van der Waals surface area contributed by atoms with Gasteiger partial charge in [-0.2, -0.15) is 0 Å². The molecule has 0 aliphatic carbocycles. The molecule has 0 atom stereocenters. The fourth-order valence-corrected chi connectivity index (χ4v) is 3.24. The summed E-state index contributed by atoms with van der Waals surface area (Å²) in [6, 6.07) is 14.2. The van der Waals surface area contributed by atoms with Gasteiger partial charge in [-0.25, -0.2) is 0 Å². The topological polar surface area (TPSA) is 43.6 Å². The highest BCUT2D eigenvalue weighted by Gasteiger charge is 2.14. The summed E-state index contributed by atoms with van der Waals surface area (Å²) >= 11 is 1.67. The molecule has 0 radical (unpaired) electrons. The molecule has 3 aromatic rings. The summed E-state index contributed by atoms with van der Waals surface area (Å²) in [7, 11) is 0. The lowest BCUT2D eigenvalue weighted by Gasteiger charge is -2.09. The van der Waals surface area contributed by atoms with Gasteiger partial charge in [-0.05, 0) is 31.5 Å². The molecule has 0 aliphatic heterocycles. The maximum absolute atomic E-state index is 4.40. The number of hydrogen-bond donors (Lipinski definition) is 0. The first-order chi connectivity index (χ1) is 10.8. The normalized spacial score (nSPS) is 10.8. The number of benzene rings is 1. The number of rotatable bonds is 5. The molecule has 0 fully saturated rings. The van der Waals surface area contributed by atoms with Crippen molar-refractivity contribution >= 4 is 11.8 Å². The van der Waals surface area contributed by atoms with Gasteiger partial charge in [-0.3, -0.25) is 4.98 Å². The van der Waals surface area contributed by atoms with Crippen LogP contribution in [0.25, 0.3) is 11.4 Å². The minimum atomic E-state index is 0.798. The molecule has 0 unspecified atom stereocenters. The lowest BCUT2D eigenvalue weighted by molar-refractivity contribution is 0.687.